The van der Waals surface area contributed by atoms with E-state index in [1.54, 1.807) is 4.90 Å². The van der Waals surface area contributed by atoms with Crippen molar-refractivity contribution in [3.8, 4) is 0 Å². The first kappa shape index (κ1) is 16.7. The van der Waals surface area contributed by atoms with Crippen LogP contribution >= 0.6 is 0 Å². The maximum absolute atomic E-state index is 12.7. The van der Waals surface area contributed by atoms with Crippen molar-refractivity contribution in [3.63, 3.8) is 0 Å². The largest absolute Gasteiger partial charge is 0.391 e. The van der Waals surface area contributed by atoms with Gasteiger partial charge in [-0.2, -0.15) is 0 Å². The molecule has 4 heteroatoms. The summed E-state index contributed by atoms with van der Waals surface area (Å²) in [5.74, 6) is -0.0214. The number of aryl methyl sites for hydroxylation is 1. The SMILES string of the molecule is CC1N[C@@H]([C@H](O)CCc2ccccc2)C(=O)N1Cc1ccccc1. The molecule has 0 spiro atoms. The van der Waals surface area contributed by atoms with Crippen molar-refractivity contribution in [3.05, 3.63) is 71.8 Å². The Labute approximate surface area is 143 Å². The maximum Gasteiger partial charge on any atom is 0.243 e. The summed E-state index contributed by atoms with van der Waals surface area (Å²) in [6, 6.07) is 19.5. The molecule has 4 nitrogen and oxygen atoms in total. The number of carbonyl (C=O) groups excluding carboxylic acids is 1. The molecule has 24 heavy (non-hydrogen) atoms. The van der Waals surface area contributed by atoms with E-state index < -0.39 is 12.1 Å². The molecule has 2 N–H and O–H groups in total. The third kappa shape index (κ3) is 3.83. The van der Waals surface area contributed by atoms with E-state index in [0.29, 0.717) is 13.0 Å². The molecule has 1 amide bonds. The highest BCUT2D eigenvalue weighted by Crippen LogP contribution is 2.19. The Morgan fingerprint density at radius 2 is 1.62 bits per heavy atom. The van der Waals surface area contributed by atoms with Crippen LogP contribution in [-0.4, -0.2) is 34.2 Å². The number of benzene rings is 2. The van der Waals surface area contributed by atoms with Gasteiger partial charge in [0.2, 0.25) is 5.91 Å². The molecule has 0 radical (unpaired) electrons. The van der Waals surface area contributed by atoms with Gasteiger partial charge in [-0.25, -0.2) is 0 Å². The first-order valence-corrected chi connectivity index (χ1v) is 8.47. The van der Waals surface area contributed by atoms with Crippen LogP contribution < -0.4 is 5.32 Å². The van der Waals surface area contributed by atoms with Crippen LogP contribution in [0.15, 0.2) is 60.7 Å². The van der Waals surface area contributed by atoms with Gasteiger partial charge in [-0.1, -0.05) is 60.7 Å². The van der Waals surface area contributed by atoms with E-state index in [0.717, 1.165) is 12.0 Å². The van der Waals surface area contributed by atoms with Crippen LogP contribution in [0.5, 0.6) is 0 Å². The Morgan fingerprint density at radius 3 is 2.25 bits per heavy atom. The third-order valence-electron chi connectivity index (χ3n) is 4.59. The van der Waals surface area contributed by atoms with Crippen molar-refractivity contribution in [2.24, 2.45) is 0 Å². The van der Waals surface area contributed by atoms with Crippen molar-refractivity contribution < 1.29 is 9.90 Å². The molecule has 126 valence electrons. The van der Waals surface area contributed by atoms with Gasteiger partial charge in [-0.3, -0.25) is 10.1 Å². The highest BCUT2D eigenvalue weighted by atomic mass is 16.3. The third-order valence-corrected chi connectivity index (χ3v) is 4.59. The quantitative estimate of drug-likeness (QED) is 0.857. The summed E-state index contributed by atoms with van der Waals surface area (Å²) >= 11 is 0. The molecule has 2 aromatic carbocycles. The van der Waals surface area contributed by atoms with Crippen molar-refractivity contribution in [1.29, 1.82) is 0 Å². The minimum atomic E-state index is -0.680. The molecular formula is C20H24N2O2. The van der Waals surface area contributed by atoms with Gasteiger partial charge in [-0.15, -0.1) is 0 Å². The predicted molar refractivity (Wildman–Crippen MR) is 94.1 cm³/mol. The lowest BCUT2D eigenvalue weighted by Crippen LogP contribution is -2.41. The van der Waals surface area contributed by atoms with Crippen molar-refractivity contribution >= 4 is 5.91 Å². The molecule has 1 unspecified atom stereocenters. The molecule has 1 saturated heterocycles. The molecule has 2 aromatic rings. The zero-order chi connectivity index (χ0) is 16.9. The Bertz CT molecular complexity index is 660. The topological polar surface area (TPSA) is 52.6 Å². The van der Waals surface area contributed by atoms with Gasteiger partial charge in [0, 0.05) is 6.54 Å². The van der Waals surface area contributed by atoms with Gasteiger partial charge in [0.05, 0.1) is 12.3 Å². The van der Waals surface area contributed by atoms with Gasteiger partial charge in [0.15, 0.2) is 0 Å². The lowest BCUT2D eigenvalue weighted by atomic mass is 10.0. The zero-order valence-corrected chi connectivity index (χ0v) is 13.9. The molecular weight excluding hydrogens is 300 g/mol. The average Bonchev–Trinajstić information content (AvgIpc) is 2.90. The van der Waals surface area contributed by atoms with Gasteiger partial charge < -0.3 is 10.0 Å². The molecule has 0 bridgehead atoms. The van der Waals surface area contributed by atoms with Gasteiger partial charge >= 0.3 is 0 Å². The fourth-order valence-electron chi connectivity index (χ4n) is 3.19. The molecule has 1 fully saturated rings. The number of amides is 1. The second kappa shape index (κ2) is 7.60. The smallest absolute Gasteiger partial charge is 0.243 e. The summed E-state index contributed by atoms with van der Waals surface area (Å²) in [6.07, 6.45) is 0.579. The average molecular weight is 324 g/mol. The number of aliphatic hydroxyl groups excluding tert-OH is 1. The van der Waals surface area contributed by atoms with E-state index in [4.69, 9.17) is 0 Å². The van der Waals surface area contributed by atoms with E-state index in [1.807, 2.05) is 67.6 Å². The fraction of sp³-hybridized carbons (Fsp3) is 0.350. The van der Waals surface area contributed by atoms with Crippen LogP contribution in [0.2, 0.25) is 0 Å². The highest BCUT2D eigenvalue weighted by molar-refractivity contribution is 5.85. The molecule has 3 rings (SSSR count). The first-order valence-electron chi connectivity index (χ1n) is 8.47. The summed E-state index contributed by atoms with van der Waals surface area (Å²) < 4.78 is 0. The molecule has 1 heterocycles. The van der Waals surface area contributed by atoms with Crippen LogP contribution in [0.1, 0.15) is 24.5 Å². The van der Waals surface area contributed by atoms with Crippen molar-refractivity contribution in [2.75, 3.05) is 0 Å². The van der Waals surface area contributed by atoms with Crippen LogP contribution in [-0.2, 0) is 17.8 Å². The standard InChI is InChI=1S/C20H24N2O2/c1-15-21-19(18(23)13-12-16-8-4-2-5-9-16)20(24)22(15)14-17-10-6-3-7-11-17/h2-11,15,18-19,21,23H,12-14H2,1H3/t15?,18-,19+/m1/s1. The maximum atomic E-state index is 12.7. The number of carbonyl (C=O) groups is 1. The van der Waals surface area contributed by atoms with Gasteiger partial charge in [-0.05, 0) is 30.9 Å². The molecule has 0 aromatic heterocycles. The Kier molecular flexibility index (Phi) is 5.28. The monoisotopic (exact) mass is 324 g/mol. The normalized spacial score (nSPS) is 21.9. The van der Waals surface area contributed by atoms with Crippen LogP contribution in [0, 0.1) is 0 Å². The van der Waals surface area contributed by atoms with Crippen molar-refractivity contribution in [1.82, 2.24) is 10.2 Å². The Morgan fingerprint density at radius 1 is 1.04 bits per heavy atom. The molecule has 0 aliphatic carbocycles. The van der Waals surface area contributed by atoms with E-state index in [2.05, 4.69) is 5.32 Å². The second-order valence-electron chi connectivity index (χ2n) is 6.36. The number of rotatable bonds is 6. The van der Waals surface area contributed by atoms with E-state index in [9.17, 15) is 9.90 Å². The van der Waals surface area contributed by atoms with Crippen molar-refractivity contribution in [2.45, 2.75) is 44.6 Å². The summed E-state index contributed by atoms with van der Waals surface area (Å²) in [5.41, 5.74) is 2.27. The fourth-order valence-corrected chi connectivity index (χ4v) is 3.19. The zero-order valence-electron chi connectivity index (χ0n) is 13.9. The van der Waals surface area contributed by atoms with E-state index in [-0.39, 0.29) is 12.1 Å². The molecule has 1 aliphatic rings. The molecule has 3 atom stereocenters. The van der Waals surface area contributed by atoms with E-state index in [1.165, 1.54) is 5.56 Å². The number of nitrogens with one attached hydrogen (secondary N) is 1. The number of aliphatic hydroxyl groups is 1. The van der Waals surface area contributed by atoms with Gasteiger partial charge in [0.1, 0.15) is 6.04 Å². The van der Waals surface area contributed by atoms with Crippen LogP contribution in [0.25, 0.3) is 0 Å². The Balaban J connectivity index is 1.59. The number of hydrogen-bond acceptors (Lipinski definition) is 3. The summed E-state index contributed by atoms with van der Waals surface area (Å²) in [4.78, 5) is 14.5. The lowest BCUT2D eigenvalue weighted by Gasteiger charge is -2.21. The van der Waals surface area contributed by atoms with Crippen LogP contribution in [0.4, 0.5) is 0 Å². The molecule has 0 saturated carbocycles. The minimum Gasteiger partial charge on any atom is -0.391 e. The van der Waals surface area contributed by atoms with E-state index >= 15 is 0 Å². The van der Waals surface area contributed by atoms with Crippen LogP contribution in [0.3, 0.4) is 0 Å². The number of nitrogens with zero attached hydrogens (tertiary/aromatic N) is 1. The predicted octanol–water partition coefficient (Wildman–Crippen LogP) is 2.33. The minimum absolute atomic E-state index is 0.0214. The summed E-state index contributed by atoms with van der Waals surface area (Å²) in [5, 5.41) is 13.7. The summed E-state index contributed by atoms with van der Waals surface area (Å²) in [6.45, 7) is 2.53. The summed E-state index contributed by atoms with van der Waals surface area (Å²) in [7, 11) is 0. The molecule has 1 aliphatic heterocycles. The number of hydrogen-bond donors (Lipinski definition) is 2. The first-order chi connectivity index (χ1) is 11.6. The lowest BCUT2D eigenvalue weighted by molar-refractivity contribution is -0.132. The van der Waals surface area contributed by atoms with Gasteiger partial charge in [0.25, 0.3) is 0 Å². The second-order valence-corrected chi connectivity index (χ2v) is 6.36. The Hall–Kier alpha value is -2.17. The highest BCUT2D eigenvalue weighted by Gasteiger charge is 2.40.